The number of nitriles is 1. The Morgan fingerprint density at radius 3 is 2.65 bits per heavy atom. The molecule has 1 aromatic rings. The van der Waals surface area contributed by atoms with E-state index >= 15 is 0 Å². The van der Waals surface area contributed by atoms with Crippen molar-refractivity contribution in [1.29, 1.82) is 5.26 Å². The van der Waals surface area contributed by atoms with E-state index in [1.165, 1.54) is 4.90 Å². The first-order chi connectivity index (χ1) is 8.07. The lowest BCUT2D eigenvalue weighted by Gasteiger charge is -2.17. The normalized spacial score (nSPS) is 22.5. The summed E-state index contributed by atoms with van der Waals surface area (Å²) in [4.78, 5) is 13.6. The second-order valence-electron chi connectivity index (χ2n) is 3.93. The Morgan fingerprint density at radius 2 is 2.06 bits per heavy atom. The number of nitrogens with zero attached hydrogens (tertiary/aromatic N) is 2. The van der Waals surface area contributed by atoms with Gasteiger partial charge in [0.15, 0.2) is 0 Å². The van der Waals surface area contributed by atoms with Crippen LogP contribution in [0.3, 0.4) is 0 Å². The van der Waals surface area contributed by atoms with Crippen LogP contribution in [0.25, 0.3) is 0 Å². The zero-order valence-electron chi connectivity index (χ0n) is 8.94. The molecule has 1 heterocycles. The zero-order chi connectivity index (χ0) is 12.5. The van der Waals surface area contributed by atoms with E-state index in [2.05, 4.69) is 0 Å². The van der Waals surface area contributed by atoms with Gasteiger partial charge >= 0.3 is 0 Å². The van der Waals surface area contributed by atoms with Crippen molar-refractivity contribution in [2.45, 2.75) is 10.8 Å². The molecule has 1 aliphatic rings. The van der Waals surface area contributed by atoms with Crippen molar-refractivity contribution in [2.75, 3.05) is 11.4 Å². The molecular formula is C12H10Cl2N2O. The van der Waals surface area contributed by atoms with Crippen LogP contribution in [0.2, 0.25) is 0 Å². The summed E-state index contributed by atoms with van der Waals surface area (Å²) in [7, 11) is 0. The SMILES string of the molecule is N#CCC1CN(c2ccccc2)C(=O)C1(Cl)Cl. The van der Waals surface area contributed by atoms with Crippen LogP contribution < -0.4 is 4.90 Å². The lowest BCUT2D eigenvalue weighted by Crippen LogP contribution is -2.33. The number of carbonyl (C=O) groups excluding carboxylic acids is 1. The average molecular weight is 269 g/mol. The average Bonchev–Trinajstić information content (AvgIpc) is 2.55. The van der Waals surface area contributed by atoms with Gasteiger partial charge in [-0.1, -0.05) is 41.4 Å². The number of hydrogen-bond donors (Lipinski definition) is 0. The molecule has 0 N–H and O–H groups in total. The van der Waals surface area contributed by atoms with Gasteiger partial charge in [0, 0.05) is 24.6 Å². The number of rotatable bonds is 2. The first-order valence-electron chi connectivity index (χ1n) is 5.19. The number of alkyl halides is 2. The molecule has 3 nitrogen and oxygen atoms in total. The third kappa shape index (κ3) is 2.11. The maximum Gasteiger partial charge on any atom is 0.263 e. The van der Waals surface area contributed by atoms with Gasteiger partial charge in [-0.2, -0.15) is 5.26 Å². The van der Waals surface area contributed by atoms with E-state index in [1.807, 2.05) is 36.4 Å². The maximum atomic E-state index is 12.1. The number of hydrogen-bond acceptors (Lipinski definition) is 2. The van der Waals surface area contributed by atoms with Crippen molar-refractivity contribution >= 4 is 34.8 Å². The third-order valence-electron chi connectivity index (χ3n) is 2.85. The molecule has 1 aromatic carbocycles. The molecule has 1 fully saturated rings. The van der Waals surface area contributed by atoms with E-state index in [1.54, 1.807) is 0 Å². The van der Waals surface area contributed by atoms with Gasteiger partial charge in [-0.3, -0.25) is 4.79 Å². The molecule has 1 unspecified atom stereocenters. The second kappa shape index (κ2) is 4.56. The smallest absolute Gasteiger partial charge is 0.263 e. The van der Waals surface area contributed by atoms with Gasteiger partial charge in [-0.15, -0.1) is 0 Å². The summed E-state index contributed by atoms with van der Waals surface area (Å²) in [6.45, 7) is 0.378. The topological polar surface area (TPSA) is 44.1 Å². The van der Waals surface area contributed by atoms with E-state index in [-0.39, 0.29) is 18.2 Å². The minimum absolute atomic E-state index is 0.169. The highest BCUT2D eigenvalue weighted by Crippen LogP contribution is 2.42. The zero-order valence-corrected chi connectivity index (χ0v) is 10.4. The van der Waals surface area contributed by atoms with Gasteiger partial charge in [0.1, 0.15) is 0 Å². The molecule has 0 spiro atoms. The van der Waals surface area contributed by atoms with Gasteiger partial charge in [-0.05, 0) is 12.1 Å². The van der Waals surface area contributed by atoms with Crippen molar-refractivity contribution in [3.8, 4) is 6.07 Å². The van der Waals surface area contributed by atoms with Crippen molar-refractivity contribution < 1.29 is 4.79 Å². The molecule has 0 bridgehead atoms. The van der Waals surface area contributed by atoms with Crippen molar-refractivity contribution in [2.24, 2.45) is 5.92 Å². The quantitative estimate of drug-likeness (QED) is 0.775. The first kappa shape index (κ1) is 12.2. The fourth-order valence-corrected chi connectivity index (χ4v) is 2.40. The number of amides is 1. The van der Waals surface area contributed by atoms with Crippen LogP contribution in [0.5, 0.6) is 0 Å². The molecule has 1 aliphatic heterocycles. The van der Waals surface area contributed by atoms with Crippen LogP contribution in [0.15, 0.2) is 30.3 Å². The number of halogens is 2. The van der Waals surface area contributed by atoms with E-state index < -0.39 is 4.33 Å². The highest BCUT2D eigenvalue weighted by atomic mass is 35.5. The summed E-state index contributed by atoms with van der Waals surface area (Å²) in [6, 6.07) is 11.2. The molecule has 0 aliphatic carbocycles. The highest BCUT2D eigenvalue weighted by molar-refractivity contribution is 6.60. The Hall–Kier alpha value is -1.24. The Labute approximate surface area is 110 Å². The Morgan fingerprint density at radius 1 is 1.41 bits per heavy atom. The van der Waals surface area contributed by atoms with Gasteiger partial charge in [0.25, 0.3) is 5.91 Å². The van der Waals surface area contributed by atoms with Gasteiger partial charge in [0.05, 0.1) is 6.07 Å². The van der Waals surface area contributed by atoms with Crippen LogP contribution in [-0.2, 0) is 4.79 Å². The standard InChI is InChI=1S/C12H10Cl2N2O/c13-12(14)9(6-7-15)8-16(11(12)17)10-4-2-1-3-5-10/h1-5,9H,6,8H2. The van der Waals surface area contributed by atoms with E-state index in [0.29, 0.717) is 6.54 Å². The lowest BCUT2D eigenvalue weighted by atomic mass is 10.1. The summed E-state index contributed by atoms with van der Waals surface area (Å²) in [6.07, 6.45) is 0.169. The number of carbonyl (C=O) groups is 1. The van der Waals surface area contributed by atoms with Crippen LogP contribution in [-0.4, -0.2) is 16.8 Å². The highest BCUT2D eigenvalue weighted by Gasteiger charge is 2.52. The fourth-order valence-electron chi connectivity index (χ4n) is 1.91. The molecule has 5 heteroatoms. The molecule has 1 atom stereocenters. The van der Waals surface area contributed by atoms with E-state index in [9.17, 15) is 4.79 Å². The van der Waals surface area contributed by atoms with E-state index in [4.69, 9.17) is 28.5 Å². The van der Waals surface area contributed by atoms with Crippen molar-refractivity contribution in [3.63, 3.8) is 0 Å². The summed E-state index contributed by atoms with van der Waals surface area (Å²) < 4.78 is -1.49. The van der Waals surface area contributed by atoms with Crippen molar-refractivity contribution in [1.82, 2.24) is 0 Å². The number of para-hydroxylation sites is 1. The second-order valence-corrected chi connectivity index (χ2v) is 5.32. The third-order valence-corrected chi connectivity index (χ3v) is 3.79. The van der Waals surface area contributed by atoms with Gasteiger partial charge in [-0.25, -0.2) is 0 Å². The predicted octanol–water partition coefficient (Wildman–Crippen LogP) is 2.74. The molecule has 17 heavy (non-hydrogen) atoms. The van der Waals surface area contributed by atoms with Crippen LogP contribution in [0, 0.1) is 17.2 Å². The van der Waals surface area contributed by atoms with Crippen LogP contribution >= 0.6 is 23.2 Å². The molecule has 2 rings (SSSR count). The molecule has 1 amide bonds. The lowest BCUT2D eigenvalue weighted by molar-refractivity contribution is -0.117. The van der Waals surface area contributed by atoms with Crippen LogP contribution in [0.1, 0.15) is 6.42 Å². The Balaban J connectivity index is 2.29. The molecule has 0 radical (unpaired) electrons. The number of anilines is 1. The molecular weight excluding hydrogens is 259 g/mol. The van der Waals surface area contributed by atoms with Crippen LogP contribution in [0.4, 0.5) is 5.69 Å². The monoisotopic (exact) mass is 268 g/mol. The Bertz CT molecular complexity index is 467. The van der Waals surface area contributed by atoms with Crippen molar-refractivity contribution in [3.05, 3.63) is 30.3 Å². The number of benzene rings is 1. The summed E-state index contributed by atoms with van der Waals surface area (Å²) >= 11 is 12.1. The fraction of sp³-hybridized carbons (Fsp3) is 0.333. The largest absolute Gasteiger partial charge is 0.309 e. The maximum absolute atomic E-state index is 12.1. The minimum Gasteiger partial charge on any atom is -0.309 e. The van der Waals surface area contributed by atoms with E-state index in [0.717, 1.165) is 5.69 Å². The molecule has 1 saturated heterocycles. The molecule has 88 valence electrons. The van der Waals surface area contributed by atoms with Gasteiger partial charge in [0.2, 0.25) is 4.33 Å². The summed E-state index contributed by atoms with van der Waals surface area (Å²) in [5.74, 6) is -0.712. The first-order valence-corrected chi connectivity index (χ1v) is 5.94. The Kier molecular flexibility index (Phi) is 3.28. The molecule has 0 aromatic heterocycles. The minimum atomic E-state index is -1.49. The van der Waals surface area contributed by atoms with Gasteiger partial charge < -0.3 is 4.90 Å². The molecule has 0 saturated carbocycles. The predicted molar refractivity (Wildman–Crippen MR) is 67.0 cm³/mol. The summed E-state index contributed by atoms with van der Waals surface area (Å²) in [5, 5.41) is 8.70. The summed E-state index contributed by atoms with van der Waals surface area (Å²) in [5.41, 5.74) is 0.753.